The van der Waals surface area contributed by atoms with E-state index in [1.54, 1.807) is 18.3 Å². The Labute approximate surface area is 123 Å². The lowest BCUT2D eigenvalue weighted by Gasteiger charge is -2.22. The summed E-state index contributed by atoms with van der Waals surface area (Å²) in [5.74, 6) is 0.704. The number of nitrogens with zero attached hydrogens (tertiary/aromatic N) is 3. The molecule has 108 valence electrons. The first-order valence-corrected chi connectivity index (χ1v) is 7.05. The number of halogens is 1. The number of aromatic nitrogens is 3. The summed E-state index contributed by atoms with van der Waals surface area (Å²) in [5, 5.41) is 8.60. The van der Waals surface area contributed by atoms with Gasteiger partial charge in [0.05, 0.1) is 17.9 Å². The Balaban J connectivity index is 2.08. The molecular formula is C14H19ClN4O. The summed E-state index contributed by atoms with van der Waals surface area (Å²) >= 11 is 5.94. The molecule has 2 N–H and O–H groups in total. The number of benzene rings is 1. The third-order valence-corrected chi connectivity index (χ3v) is 3.28. The topological polar surface area (TPSA) is 66.0 Å². The van der Waals surface area contributed by atoms with Gasteiger partial charge in [-0.05, 0) is 31.5 Å². The number of rotatable bonds is 6. The van der Waals surface area contributed by atoms with E-state index in [-0.39, 0.29) is 12.1 Å². The molecule has 0 aliphatic heterocycles. The van der Waals surface area contributed by atoms with Crippen LogP contribution in [0.25, 0.3) is 0 Å². The summed E-state index contributed by atoms with van der Waals surface area (Å²) in [6.45, 7) is 4.81. The van der Waals surface area contributed by atoms with Crippen LogP contribution in [0.1, 0.15) is 32.0 Å². The van der Waals surface area contributed by atoms with E-state index < -0.39 is 0 Å². The van der Waals surface area contributed by atoms with E-state index in [9.17, 15) is 0 Å². The third-order valence-electron chi connectivity index (χ3n) is 3.05. The van der Waals surface area contributed by atoms with Gasteiger partial charge in [-0.3, -0.25) is 0 Å². The zero-order valence-electron chi connectivity index (χ0n) is 11.7. The fourth-order valence-corrected chi connectivity index (χ4v) is 2.16. The lowest BCUT2D eigenvalue weighted by atomic mass is 10.1. The molecule has 20 heavy (non-hydrogen) atoms. The maximum Gasteiger partial charge on any atom is 0.121 e. The predicted molar refractivity (Wildman–Crippen MR) is 78.8 cm³/mol. The van der Waals surface area contributed by atoms with Crippen LogP contribution < -0.4 is 10.5 Å². The van der Waals surface area contributed by atoms with Crippen LogP contribution in [-0.2, 0) is 6.54 Å². The van der Waals surface area contributed by atoms with Crippen molar-refractivity contribution in [3.05, 3.63) is 41.2 Å². The zero-order chi connectivity index (χ0) is 14.5. The molecule has 1 aromatic carbocycles. The summed E-state index contributed by atoms with van der Waals surface area (Å²) in [5.41, 5.74) is 7.12. The molecule has 6 heteroatoms. The number of hydrogen-bond donors (Lipinski definition) is 1. The van der Waals surface area contributed by atoms with Gasteiger partial charge in [0, 0.05) is 11.6 Å². The molecule has 0 saturated carbocycles. The van der Waals surface area contributed by atoms with Crippen molar-refractivity contribution in [2.75, 3.05) is 0 Å². The second-order valence-corrected chi connectivity index (χ2v) is 5.12. The lowest BCUT2D eigenvalue weighted by molar-refractivity contribution is 0.185. The second-order valence-electron chi connectivity index (χ2n) is 4.69. The highest BCUT2D eigenvalue weighted by Gasteiger charge is 2.21. The highest BCUT2D eigenvalue weighted by Crippen LogP contribution is 2.22. The molecule has 0 aliphatic rings. The first-order valence-electron chi connectivity index (χ1n) is 6.68. The first kappa shape index (κ1) is 14.8. The van der Waals surface area contributed by atoms with E-state index in [4.69, 9.17) is 22.1 Å². The fourth-order valence-electron chi connectivity index (χ4n) is 1.98. The van der Waals surface area contributed by atoms with Gasteiger partial charge in [0.2, 0.25) is 0 Å². The van der Waals surface area contributed by atoms with E-state index in [2.05, 4.69) is 17.2 Å². The maximum absolute atomic E-state index is 6.24. The van der Waals surface area contributed by atoms with Crippen LogP contribution in [0, 0.1) is 0 Å². The zero-order valence-corrected chi connectivity index (χ0v) is 12.4. The van der Waals surface area contributed by atoms with Crippen molar-refractivity contribution in [1.82, 2.24) is 15.0 Å². The predicted octanol–water partition coefficient (Wildman–Crippen LogP) is 2.81. The average Bonchev–Trinajstić information content (AvgIpc) is 2.86. The van der Waals surface area contributed by atoms with Crippen molar-refractivity contribution in [2.45, 2.75) is 39.0 Å². The molecule has 0 radical (unpaired) electrons. The Hall–Kier alpha value is -1.59. The van der Waals surface area contributed by atoms with Gasteiger partial charge in [0.1, 0.15) is 11.9 Å². The number of hydrogen-bond acceptors (Lipinski definition) is 4. The minimum Gasteiger partial charge on any atom is -0.489 e. The Bertz CT molecular complexity index is 558. The molecule has 2 atom stereocenters. The Morgan fingerprint density at radius 1 is 1.45 bits per heavy atom. The van der Waals surface area contributed by atoms with Gasteiger partial charge in [-0.15, -0.1) is 5.10 Å². The summed E-state index contributed by atoms with van der Waals surface area (Å²) < 4.78 is 7.66. The summed E-state index contributed by atoms with van der Waals surface area (Å²) in [7, 11) is 0. The molecule has 2 rings (SSSR count). The summed E-state index contributed by atoms with van der Waals surface area (Å²) in [6, 6.07) is 6.98. The third kappa shape index (κ3) is 3.49. The minimum atomic E-state index is -0.296. The van der Waals surface area contributed by atoms with Crippen LogP contribution in [0.3, 0.4) is 0 Å². The van der Waals surface area contributed by atoms with Gasteiger partial charge in [-0.25, -0.2) is 4.68 Å². The van der Waals surface area contributed by atoms with Crippen LogP contribution in [0.5, 0.6) is 5.75 Å². The Morgan fingerprint density at radius 2 is 2.25 bits per heavy atom. The average molecular weight is 295 g/mol. The molecule has 0 aliphatic carbocycles. The minimum absolute atomic E-state index is 0.206. The first-order chi connectivity index (χ1) is 9.61. The van der Waals surface area contributed by atoms with E-state index in [0.717, 1.165) is 18.7 Å². The molecule has 0 saturated heterocycles. The van der Waals surface area contributed by atoms with Gasteiger partial charge in [0.25, 0.3) is 0 Å². The molecule has 2 unspecified atom stereocenters. The Kier molecular flexibility index (Phi) is 4.98. The van der Waals surface area contributed by atoms with Crippen LogP contribution in [-0.4, -0.2) is 21.1 Å². The molecule has 1 heterocycles. The molecule has 1 aromatic heterocycles. The number of ether oxygens (including phenoxy) is 1. The molecular weight excluding hydrogens is 276 g/mol. The van der Waals surface area contributed by atoms with Gasteiger partial charge in [-0.1, -0.05) is 29.8 Å². The highest BCUT2D eigenvalue weighted by atomic mass is 35.5. The van der Waals surface area contributed by atoms with Gasteiger partial charge < -0.3 is 10.5 Å². The normalized spacial score (nSPS) is 14.0. The van der Waals surface area contributed by atoms with Gasteiger partial charge in [0.15, 0.2) is 0 Å². The van der Waals surface area contributed by atoms with Crippen LogP contribution in [0.15, 0.2) is 30.5 Å². The van der Waals surface area contributed by atoms with Crippen molar-refractivity contribution < 1.29 is 4.74 Å². The standard InChI is InChI=1S/C14H19ClN4O/c1-3-7-19-13(9-17-18-19)14(16)10(2)20-12-6-4-5-11(15)8-12/h4-6,8-10,14H,3,7,16H2,1-2H3. The van der Waals surface area contributed by atoms with E-state index in [1.165, 1.54) is 0 Å². The van der Waals surface area contributed by atoms with Crippen molar-refractivity contribution in [2.24, 2.45) is 5.73 Å². The van der Waals surface area contributed by atoms with Crippen molar-refractivity contribution in [3.8, 4) is 5.75 Å². The number of nitrogens with two attached hydrogens (primary N) is 1. The van der Waals surface area contributed by atoms with Crippen LogP contribution >= 0.6 is 11.6 Å². The maximum atomic E-state index is 6.24. The van der Waals surface area contributed by atoms with Crippen LogP contribution in [0.2, 0.25) is 5.02 Å². The monoisotopic (exact) mass is 294 g/mol. The van der Waals surface area contributed by atoms with E-state index in [1.807, 2.05) is 23.7 Å². The molecule has 2 aromatic rings. The fraction of sp³-hybridized carbons (Fsp3) is 0.429. The highest BCUT2D eigenvalue weighted by molar-refractivity contribution is 6.30. The molecule has 5 nitrogen and oxygen atoms in total. The molecule has 0 amide bonds. The van der Waals surface area contributed by atoms with Gasteiger partial charge in [-0.2, -0.15) is 0 Å². The van der Waals surface area contributed by atoms with Gasteiger partial charge >= 0.3 is 0 Å². The smallest absolute Gasteiger partial charge is 0.121 e. The molecule has 0 bridgehead atoms. The largest absolute Gasteiger partial charge is 0.489 e. The van der Waals surface area contributed by atoms with Crippen molar-refractivity contribution in [3.63, 3.8) is 0 Å². The van der Waals surface area contributed by atoms with Crippen molar-refractivity contribution >= 4 is 11.6 Å². The van der Waals surface area contributed by atoms with Crippen molar-refractivity contribution in [1.29, 1.82) is 0 Å². The quantitative estimate of drug-likeness (QED) is 0.889. The van der Waals surface area contributed by atoms with E-state index in [0.29, 0.717) is 10.8 Å². The second kappa shape index (κ2) is 6.72. The number of aryl methyl sites for hydroxylation is 1. The summed E-state index contributed by atoms with van der Waals surface area (Å²) in [6.07, 6.45) is 2.47. The van der Waals surface area contributed by atoms with E-state index >= 15 is 0 Å². The molecule has 0 fully saturated rings. The summed E-state index contributed by atoms with van der Waals surface area (Å²) in [4.78, 5) is 0. The Morgan fingerprint density at radius 3 is 2.95 bits per heavy atom. The SMILES string of the molecule is CCCn1nncc1C(N)C(C)Oc1cccc(Cl)c1. The lowest BCUT2D eigenvalue weighted by Crippen LogP contribution is -2.30. The molecule has 0 spiro atoms. The van der Waals surface area contributed by atoms with Crippen LogP contribution in [0.4, 0.5) is 0 Å².